The van der Waals surface area contributed by atoms with Gasteiger partial charge >= 0.3 is 0 Å². The van der Waals surface area contributed by atoms with Crippen molar-refractivity contribution in [3.05, 3.63) is 27.7 Å². The van der Waals surface area contributed by atoms with Crippen LogP contribution in [0.4, 0.5) is 5.69 Å². The van der Waals surface area contributed by atoms with Crippen LogP contribution in [0.2, 0.25) is 0 Å². The summed E-state index contributed by atoms with van der Waals surface area (Å²) in [6.45, 7) is 1.01. The summed E-state index contributed by atoms with van der Waals surface area (Å²) in [4.78, 5) is 12.9. The van der Waals surface area contributed by atoms with Crippen LogP contribution in [0.3, 0.4) is 0 Å². The molecule has 0 saturated carbocycles. The first kappa shape index (κ1) is 8.75. The van der Waals surface area contributed by atoms with Crippen LogP contribution < -0.4 is 4.90 Å². The van der Waals surface area contributed by atoms with Crippen molar-refractivity contribution in [3.8, 4) is 0 Å². The van der Waals surface area contributed by atoms with Crippen molar-refractivity contribution in [1.82, 2.24) is 0 Å². The molecule has 0 bridgehead atoms. The molecule has 13 heavy (non-hydrogen) atoms. The first-order valence-corrected chi connectivity index (χ1v) is 5.00. The second kappa shape index (κ2) is 3.14. The summed E-state index contributed by atoms with van der Waals surface area (Å²) >= 11 is 3.40. The third-order valence-electron chi connectivity index (χ3n) is 2.41. The van der Waals surface area contributed by atoms with Gasteiger partial charge < -0.3 is 4.90 Å². The number of halogens is 1. The van der Waals surface area contributed by atoms with E-state index in [1.54, 1.807) is 0 Å². The summed E-state index contributed by atoms with van der Waals surface area (Å²) in [6.07, 6.45) is 1.96. The summed E-state index contributed by atoms with van der Waals surface area (Å²) < 4.78 is 0.989. The molecule has 1 aromatic rings. The number of benzene rings is 1. The van der Waals surface area contributed by atoms with Crippen molar-refractivity contribution in [3.63, 3.8) is 0 Å². The number of hydrogen-bond acceptors (Lipinski definition) is 2. The minimum Gasteiger partial charge on any atom is -0.373 e. The highest BCUT2D eigenvalue weighted by Gasteiger charge is 2.19. The van der Waals surface area contributed by atoms with E-state index < -0.39 is 0 Å². The van der Waals surface area contributed by atoms with Gasteiger partial charge in [0.25, 0.3) is 0 Å². The number of hydrogen-bond donors (Lipinski definition) is 0. The molecule has 0 spiro atoms. The van der Waals surface area contributed by atoms with E-state index in [0.717, 1.165) is 35.0 Å². The van der Waals surface area contributed by atoms with Gasteiger partial charge in [0.2, 0.25) is 0 Å². The van der Waals surface area contributed by atoms with E-state index in [1.807, 2.05) is 13.1 Å². The van der Waals surface area contributed by atoms with E-state index >= 15 is 0 Å². The Hall–Kier alpha value is -0.830. The van der Waals surface area contributed by atoms with Crippen molar-refractivity contribution in [2.24, 2.45) is 0 Å². The molecule has 2 nitrogen and oxygen atoms in total. The Morgan fingerprint density at radius 2 is 2.31 bits per heavy atom. The summed E-state index contributed by atoms with van der Waals surface area (Å²) in [6, 6.07) is 3.96. The van der Waals surface area contributed by atoms with Gasteiger partial charge in [-0.2, -0.15) is 0 Å². The van der Waals surface area contributed by atoms with Crippen LogP contribution in [0.5, 0.6) is 0 Å². The van der Waals surface area contributed by atoms with Crippen LogP contribution in [-0.2, 0) is 6.42 Å². The first-order chi connectivity index (χ1) is 6.22. The Morgan fingerprint density at radius 1 is 1.54 bits per heavy atom. The fourth-order valence-corrected chi connectivity index (χ4v) is 2.35. The largest absolute Gasteiger partial charge is 0.373 e. The van der Waals surface area contributed by atoms with Crippen LogP contribution in [0, 0.1) is 0 Å². The molecule has 68 valence electrons. The number of rotatable bonds is 1. The van der Waals surface area contributed by atoms with Crippen LogP contribution >= 0.6 is 15.9 Å². The molecule has 0 unspecified atom stereocenters. The topological polar surface area (TPSA) is 20.3 Å². The van der Waals surface area contributed by atoms with E-state index in [1.165, 1.54) is 5.56 Å². The van der Waals surface area contributed by atoms with Gasteiger partial charge in [0, 0.05) is 23.6 Å². The van der Waals surface area contributed by atoms with Gasteiger partial charge in [0.05, 0.1) is 5.69 Å². The molecule has 0 amide bonds. The summed E-state index contributed by atoms with van der Waals surface area (Å²) in [7, 11) is 2.02. The second-order valence-electron chi connectivity index (χ2n) is 3.29. The van der Waals surface area contributed by atoms with Gasteiger partial charge in [-0.1, -0.05) is 15.9 Å². The van der Waals surface area contributed by atoms with Crippen LogP contribution in [-0.4, -0.2) is 19.9 Å². The minimum absolute atomic E-state index is 0.782. The van der Waals surface area contributed by atoms with Gasteiger partial charge in [0.1, 0.15) is 0 Å². The summed E-state index contributed by atoms with van der Waals surface area (Å²) in [5.74, 6) is 0. The van der Waals surface area contributed by atoms with Crippen molar-refractivity contribution < 1.29 is 4.79 Å². The summed E-state index contributed by atoms with van der Waals surface area (Å²) in [5, 5.41) is 0. The van der Waals surface area contributed by atoms with Gasteiger partial charge in [-0.05, 0) is 24.1 Å². The maximum atomic E-state index is 10.8. The standard InChI is InChI=1S/C10H10BrNO/c1-12-3-2-7-4-9(11)5-8(6-13)10(7)12/h4-6H,2-3H2,1H3. The zero-order valence-electron chi connectivity index (χ0n) is 7.38. The molecule has 1 aliphatic rings. The predicted octanol–water partition coefficient (Wildman–Crippen LogP) is 2.25. The van der Waals surface area contributed by atoms with E-state index in [2.05, 4.69) is 26.9 Å². The van der Waals surface area contributed by atoms with Crippen LogP contribution in [0.25, 0.3) is 0 Å². The number of carbonyl (C=O) groups is 1. The molecular formula is C10H10BrNO. The first-order valence-electron chi connectivity index (χ1n) is 4.21. The third kappa shape index (κ3) is 1.37. The van der Waals surface area contributed by atoms with E-state index in [0.29, 0.717) is 0 Å². The quantitative estimate of drug-likeness (QED) is 0.701. The molecule has 0 N–H and O–H groups in total. The lowest BCUT2D eigenvalue weighted by Crippen LogP contribution is -2.14. The van der Waals surface area contributed by atoms with Crippen molar-refractivity contribution in [2.45, 2.75) is 6.42 Å². The predicted molar refractivity (Wildman–Crippen MR) is 56.5 cm³/mol. The lowest BCUT2D eigenvalue weighted by molar-refractivity contribution is 0.112. The molecule has 1 aliphatic heterocycles. The Balaban J connectivity index is 2.64. The highest BCUT2D eigenvalue weighted by Crippen LogP contribution is 2.32. The molecule has 0 aliphatic carbocycles. The van der Waals surface area contributed by atoms with Crippen molar-refractivity contribution >= 4 is 27.9 Å². The van der Waals surface area contributed by atoms with Crippen molar-refractivity contribution in [1.29, 1.82) is 0 Å². The minimum atomic E-state index is 0.782. The average molecular weight is 240 g/mol. The van der Waals surface area contributed by atoms with Crippen LogP contribution in [0.1, 0.15) is 15.9 Å². The van der Waals surface area contributed by atoms with Crippen molar-refractivity contribution in [2.75, 3.05) is 18.5 Å². The van der Waals surface area contributed by atoms with Gasteiger partial charge in [0.15, 0.2) is 6.29 Å². The Kier molecular flexibility index (Phi) is 2.12. The Labute approximate surface area is 85.7 Å². The molecule has 0 fully saturated rings. The molecular weight excluding hydrogens is 230 g/mol. The zero-order chi connectivity index (χ0) is 9.42. The molecule has 1 heterocycles. The molecule has 2 rings (SSSR count). The maximum absolute atomic E-state index is 10.8. The molecule has 0 saturated heterocycles. The van der Waals surface area contributed by atoms with Gasteiger partial charge in [-0.15, -0.1) is 0 Å². The number of likely N-dealkylation sites (N-methyl/N-ethyl adjacent to an activating group) is 1. The lowest BCUT2D eigenvalue weighted by atomic mass is 10.1. The third-order valence-corrected chi connectivity index (χ3v) is 2.87. The zero-order valence-corrected chi connectivity index (χ0v) is 8.97. The van der Waals surface area contributed by atoms with Gasteiger partial charge in [-0.25, -0.2) is 0 Å². The Morgan fingerprint density at radius 3 is 3.00 bits per heavy atom. The normalized spacial score (nSPS) is 14.5. The smallest absolute Gasteiger partial charge is 0.152 e. The Bertz CT molecular complexity index is 362. The second-order valence-corrected chi connectivity index (χ2v) is 4.21. The fourth-order valence-electron chi connectivity index (χ4n) is 1.82. The molecule has 1 aromatic carbocycles. The molecule has 0 aromatic heterocycles. The number of anilines is 1. The number of fused-ring (bicyclic) bond motifs is 1. The highest BCUT2D eigenvalue weighted by atomic mass is 79.9. The average Bonchev–Trinajstić information content (AvgIpc) is 2.46. The van der Waals surface area contributed by atoms with Gasteiger partial charge in [-0.3, -0.25) is 4.79 Å². The van der Waals surface area contributed by atoms with Crippen LogP contribution in [0.15, 0.2) is 16.6 Å². The lowest BCUT2D eigenvalue weighted by Gasteiger charge is -2.13. The van der Waals surface area contributed by atoms with E-state index in [9.17, 15) is 4.79 Å². The van der Waals surface area contributed by atoms with E-state index in [4.69, 9.17) is 0 Å². The number of nitrogens with zero attached hydrogens (tertiary/aromatic N) is 1. The monoisotopic (exact) mass is 239 g/mol. The number of aldehydes is 1. The highest BCUT2D eigenvalue weighted by molar-refractivity contribution is 9.10. The SMILES string of the molecule is CN1CCc2cc(Br)cc(C=O)c21. The summed E-state index contributed by atoms with van der Waals surface area (Å²) in [5.41, 5.74) is 3.14. The molecule has 0 atom stereocenters. The number of carbonyl (C=O) groups excluding carboxylic acids is 1. The molecule has 3 heteroatoms. The molecule has 0 radical (unpaired) electrons. The maximum Gasteiger partial charge on any atom is 0.152 e. The van der Waals surface area contributed by atoms with E-state index in [-0.39, 0.29) is 0 Å². The fraction of sp³-hybridized carbons (Fsp3) is 0.300.